The molecule has 1 aromatic heterocycles. The Morgan fingerprint density at radius 3 is 2.42 bits per heavy atom. The molecule has 0 saturated heterocycles. The van der Waals surface area contributed by atoms with Gasteiger partial charge in [0.25, 0.3) is 0 Å². The Balaban J connectivity index is 1.46. The molecule has 0 saturated carbocycles. The van der Waals surface area contributed by atoms with E-state index in [0.717, 1.165) is 38.9 Å². The fraction of sp³-hybridized carbons (Fsp3) is 0.0870. The SMILES string of the molecule is Cc1ccc2c(CC(=O)Nc3ccc(-c4ccccc4)cc3)coc2c1. The Kier molecular flexibility index (Phi) is 4.28. The van der Waals surface area contributed by atoms with Gasteiger partial charge in [0.1, 0.15) is 5.58 Å². The van der Waals surface area contributed by atoms with Gasteiger partial charge in [-0.3, -0.25) is 4.79 Å². The monoisotopic (exact) mass is 341 g/mol. The predicted octanol–water partition coefficient (Wildman–Crippen LogP) is 5.59. The molecule has 0 atom stereocenters. The van der Waals surface area contributed by atoms with Crippen LogP contribution in [0, 0.1) is 6.92 Å². The zero-order valence-electron chi connectivity index (χ0n) is 14.5. The molecule has 1 amide bonds. The van der Waals surface area contributed by atoms with E-state index in [9.17, 15) is 4.79 Å². The fourth-order valence-corrected chi connectivity index (χ4v) is 3.08. The van der Waals surface area contributed by atoms with Crippen LogP contribution in [-0.4, -0.2) is 5.91 Å². The molecule has 0 aliphatic heterocycles. The van der Waals surface area contributed by atoms with E-state index in [1.54, 1.807) is 6.26 Å². The number of amides is 1. The van der Waals surface area contributed by atoms with Gasteiger partial charge in [0.05, 0.1) is 12.7 Å². The maximum absolute atomic E-state index is 12.4. The second-order valence-electron chi connectivity index (χ2n) is 6.43. The molecule has 0 aliphatic carbocycles. The zero-order chi connectivity index (χ0) is 17.9. The van der Waals surface area contributed by atoms with Crippen LogP contribution in [0.25, 0.3) is 22.1 Å². The third-order valence-corrected chi connectivity index (χ3v) is 4.44. The lowest BCUT2D eigenvalue weighted by Crippen LogP contribution is -2.14. The zero-order valence-corrected chi connectivity index (χ0v) is 14.5. The van der Waals surface area contributed by atoms with E-state index in [-0.39, 0.29) is 12.3 Å². The van der Waals surface area contributed by atoms with Crippen LogP contribution in [0.1, 0.15) is 11.1 Å². The van der Waals surface area contributed by atoms with Gasteiger partial charge in [0.2, 0.25) is 5.91 Å². The minimum atomic E-state index is -0.0549. The highest BCUT2D eigenvalue weighted by atomic mass is 16.3. The number of aryl methyl sites for hydroxylation is 1. The van der Waals surface area contributed by atoms with Gasteiger partial charge in [0, 0.05) is 16.6 Å². The van der Waals surface area contributed by atoms with Crippen LogP contribution in [0.4, 0.5) is 5.69 Å². The molecule has 4 aromatic rings. The third kappa shape index (κ3) is 3.38. The predicted molar refractivity (Wildman–Crippen MR) is 105 cm³/mol. The second-order valence-corrected chi connectivity index (χ2v) is 6.43. The first-order chi connectivity index (χ1) is 12.7. The summed E-state index contributed by atoms with van der Waals surface area (Å²) in [5.74, 6) is -0.0549. The largest absolute Gasteiger partial charge is 0.464 e. The van der Waals surface area contributed by atoms with Gasteiger partial charge in [-0.1, -0.05) is 54.6 Å². The Labute approximate surface area is 152 Å². The van der Waals surface area contributed by atoms with Crippen molar-refractivity contribution in [1.29, 1.82) is 0 Å². The number of carbonyl (C=O) groups excluding carboxylic acids is 1. The van der Waals surface area contributed by atoms with Crippen molar-refractivity contribution in [2.75, 3.05) is 5.32 Å². The molecule has 3 heteroatoms. The summed E-state index contributed by atoms with van der Waals surface area (Å²) in [4.78, 5) is 12.4. The standard InChI is InChI=1S/C23H19NO2/c1-16-7-12-21-19(15-26-22(21)13-16)14-23(25)24-20-10-8-18(9-11-20)17-5-3-2-4-6-17/h2-13,15H,14H2,1H3,(H,24,25). The molecule has 0 unspecified atom stereocenters. The summed E-state index contributed by atoms with van der Waals surface area (Å²) >= 11 is 0. The molecule has 3 nitrogen and oxygen atoms in total. The molecule has 0 aliphatic rings. The Hall–Kier alpha value is -3.33. The number of hydrogen-bond donors (Lipinski definition) is 1. The van der Waals surface area contributed by atoms with Crippen LogP contribution < -0.4 is 5.32 Å². The summed E-state index contributed by atoms with van der Waals surface area (Å²) in [5, 5.41) is 3.95. The number of anilines is 1. The lowest BCUT2D eigenvalue weighted by atomic mass is 10.1. The second kappa shape index (κ2) is 6.89. The lowest BCUT2D eigenvalue weighted by molar-refractivity contribution is -0.115. The molecular formula is C23H19NO2. The first-order valence-corrected chi connectivity index (χ1v) is 8.61. The van der Waals surface area contributed by atoms with Gasteiger partial charge in [-0.25, -0.2) is 0 Å². The molecule has 0 bridgehead atoms. The molecule has 128 valence electrons. The average Bonchev–Trinajstić information content (AvgIpc) is 3.04. The van der Waals surface area contributed by atoms with Crippen molar-refractivity contribution in [1.82, 2.24) is 0 Å². The van der Waals surface area contributed by atoms with Crippen molar-refractivity contribution in [3.8, 4) is 11.1 Å². The van der Waals surface area contributed by atoms with Crippen molar-refractivity contribution >= 4 is 22.6 Å². The highest BCUT2D eigenvalue weighted by Gasteiger charge is 2.11. The molecule has 0 radical (unpaired) electrons. The number of nitrogens with one attached hydrogen (secondary N) is 1. The van der Waals surface area contributed by atoms with Gasteiger partial charge >= 0.3 is 0 Å². The molecule has 1 heterocycles. The molecule has 0 spiro atoms. The Morgan fingerprint density at radius 1 is 0.923 bits per heavy atom. The highest BCUT2D eigenvalue weighted by Crippen LogP contribution is 2.24. The maximum atomic E-state index is 12.4. The van der Waals surface area contributed by atoms with E-state index in [4.69, 9.17) is 4.42 Å². The molecule has 4 rings (SSSR count). The summed E-state index contributed by atoms with van der Waals surface area (Å²) in [5.41, 5.74) is 5.93. The number of fused-ring (bicyclic) bond motifs is 1. The van der Waals surface area contributed by atoms with Crippen LogP contribution in [0.15, 0.2) is 83.5 Å². The minimum Gasteiger partial charge on any atom is -0.464 e. The van der Waals surface area contributed by atoms with Gasteiger partial charge in [-0.05, 0) is 41.8 Å². The molecule has 1 N–H and O–H groups in total. The van der Waals surface area contributed by atoms with Gasteiger partial charge in [-0.15, -0.1) is 0 Å². The first kappa shape index (κ1) is 16.2. The van der Waals surface area contributed by atoms with Crippen LogP contribution in [0.3, 0.4) is 0 Å². The first-order valence-electron chi connectivity index (χ1n) is 8.61. The summed E-state index contributed by atoms with van der Waals surface area (Å²) in [6.07, 6.45) is 1.96. The van der Waals surface area contributed by atoms with E-state index < -0.39 is 0 Å². The number of carbonyl (C=O) groups is 1. The number of furan rings is 1. The summed E-state index contributed by atoms with van der Waals surface area (Å²) in [7, 11) is 0. The molecule has 26 heavy (non-hydrogen) atoms. The van der Waals surface area contributed by atoms with E-state index in [1.807, 2.05) is 67.6 Å². The maximum Gasteiger partial charge on any atom is 0.228 e. The normalized spacial score (nSPS) is 10.8. The van der Waals surface area contributed by atoms with Crippen LogP contribution in [-0.2, 0) is 11.2 Å². The van der Waals surface area contributed by atoms with E-state index in [0.29, 0.717) is 0 Å². The van der Waals surface area contributed by atoms with Gasteiger partial charge in [-0.2, -0.15) is 0 Å². The van der Waals surface area contributed by atoms with Crippen molar-refractivity contribution in [3.63, 3.8) is 0 Å². The number of benzene rings is 3. The van der Waals surface area contributed by atoms with Crippen molar-refractivity contribution in [2.24, 2.45) is 0 Å². The number of hydrogen-bond acceptors (Lipinski definition) is 2. The Bertz CT molecular complexity index is 1050. The topological polar surface area (TPSA) is 42.2 Å². The highest BCUT2D eigenvalue weighted by molar-refractivity contribution is 5.95. The van der Waals surface area contributed by atoms with E-state index >= 15 is 0 Å². The third-order valence-electron chi connectivity index (χ3n) is 4.44. The van der Waals surface area contributed by atoms with E-state index in [2.05, 4.69) is 17.4 Å². The molecular weight excluding hydrogens is 322 g/mol. The molecule has 3 aromatic carbocycles. The van der Waals surface area contributed by atoms with Crippen LogP contribution >= 0.6 is 0 Å². The van der Waals surface area contributed by atoms with Gasteiger partial charge in [0.15, 0.2) is 0 Å². The molecule has 0 fully saturated rings. The lowest BCUT2D eigenvalue weighted by Gasteiger charge is -2.06. The smallest absolute Gasteiger partial charge is 0.228 e. The fourth-order valence-electron chi connectivity index (χ4n) is 3.08. The van der Waals surface area contributed by atoms with Crippen LogP contribution in [0.5, 0.6) is 0 Å². The number of rotatable bonds is 4. The van der Waals surface area contributed by atoms with Gasteiger partial charge < -0.3 is 9.73 Å². The van der Waals surface area contributed by atoms with E-state index in [1.165, 1.54) is 0 Å². The summed E-state index contributed by atoms with van der Waals surface area (Å²) < 4.78 is 5.57. The summed E-state index contributed by atoms with van der Waals surface area (Å²) in [6, 6.07) is 24.1. The van der Waals surface area contributed by atoms with Crippen molar-refractivity contribution in [2.45, 2.75) is 13.3 Å². The summed E-state index contributed by atoms with van der Waals surface area (Å²) in [6.45, 7) is 2.02. The van der Waals surface area contributed by atoms with Crippen LogP contribution in [0.2, 0.25) is 0 Å². The van der Waals surface area contributed by atoms with Crippen molar-refractivity contribution < 1.29 is 9.21 Å². The quantitative estimate of drug-likeness (QED) is 0.526. The van der Waals surface area contributed by atoms with Crippen molar-refractivity contribution in [3.05, 3.63) is 90.2 Å². The average molecular weight is 341 g/mol. The minimum absolute atomic E-state index is 0.0549. The Morgan fingerprint density at radius 2 is 1.65 bits per heavy atom.